The molecule has 0 atom stereocenters. The molecule has 2 aliphatic rings. The molecule has 2 rings (SSSR count). The van der Waals surface area contributed by atoms with Gasteiger partial charge in [-0.15, -0.1) is 0 Å². The van der Waals surface area contributed by atoms with Gasteiger partial charge < -0.3 is 15.3 Å². The van der Waals surface area contributed by atoms with E-state index in [0.717, 1.165) is 25.9 Å². The number of nitrogens with zero attached hydrogens (tertiary/aromatic N) is 1. The van der Waals surface area contributed by atoms with Crippen LogP contribution in [0.1, 0.15) is 32.6 Å². The van der Waals surface area contributed by atoms with Gasteiger partial charge >= 0.3 is 6.09 Å². The number of hydrogen-bond donors (Lipinski definition) is 2. The maximum atomic E-state index is 10.9. The molecule has 1 spiro atoms. The molecule has 2 fully saturated rings. The fourth-order valence-corrected chi connectivity index (χ4v) is 3.08. The number of carboxylic acid groups (broad SMARTS) is 1. The molecule has 0 aromatic rings. The third kappa shape index (κ3) is 1.95. The van der Waals surface area contributed by atoms with E-state index >= 15 is 0 Å². The monoisotopic (exact) mass is 212 g/mol. The van der Waals surface area contributed by atoms with Gasteiger partial charge in [-0.2, -0.15) is 0 Å². The van der Waals surface area contributed by atoms with Gasteiger partial charge in [0.05, 0.1) is 0 Å². The molecule has 0 aromatic heterocycles. The minimum atomic E-state index is -0.758. The molecule has 4 heteroatoms. The molecular formula is C11H20N2O2. The van der Waals surface area contributed by atoms with Crippen molar-refractivity contribution in [2.45, 2.75) is 38.6 Å². The van der Waals surface area contributed by atoms with Crippen molar-refractivity contribution < 1.29 is 9.90 Å². The van der Waals surface area contributed by atoms with Crippen molar-refractivity contribution in [3.63, 3.8) is 0 Å². The van der Waals surface area contributed by atoms with E-state index in [1.54, 1.807) is 4.90 Å². The molecule has 1 saturated heterocycles. The molecule has 0 unspecified atom stereocenters. The lowest BCUT2D eigenvalue weighted by molar-refractivity contribution is -0.0111. The van der Waals surface area contributed by atoms with Crippen LogP contribution in [0.2, 0.25) is 0 Å². The van der Waals surface area contributed by atoms with E-state index in [0.29, 0.717) is 12.0 Å². The largest absolute Gasteiger partial charge is 0.465 e. The number of rotatable bonds is 2. The Kier molecular flexibility index (Phi) is 2.87. The zero-order valence-corrected chi connectivity index (χ0v) is 9.33. The first-order valence-electron chi connectivity index (χ1n) is 5.87. The van der Waals surface area contributed by atoms with Crippen LogP contribution in [0.15, 0.2) is 0 Å². The van der Waals surface area contributed by atoms with Crippen LogP contribution >= 0.6 is 0 Å². The Bertz CT molecular complexity index is 241. The first-order chi connectivity index (χ1) is 7.17. The van der Waals surface area contributed by atoms with E-state index in [-0.39, 0.29) is 6.04 Å². The second kappa shape index (κ2) is 4.00. The number of hydrogen-bond acceptors (Lipinski definition) is 2. The van der Waals surface area contributed by atoms with Crippen molar-refractivity contribution in [3.8, 4) is 0 Å². The highest BCUT2D eigenvalue weighted by molar-refractivity contribution is 5.65. The number of nitrogens with one attached hydrogen (secondary N) is 1. The lowest BCUT2D eigenvalue weighted by Gasteiger charge is -2.53. The number of carbonyl (C=O) groups is 1. The molecule has 1 amide bonds. The SMILES string of the molecule is CCN(C(=O)O)C1CC2(CCNCC2)C1. The Morgan fingerprint density at radius 2 is 2.07 bits per heavy atom. The molecule has 0 bridgehead atoms. The van der Waals surface area contributed by atoms with Crippen molar-refractivity contribution in [1.29, 1.82) is 0 Å². The van der Waals surface area contributed by atoms with Gasteiger partial charge in [0, 0.05) is 12.6 Å². The van der Waals surface area contributed by atoms with Crippen LogP contribution in [-0.2, 0) is 0 Å². The molecule has 4 nitrogen and oxygen atoms in total. The van der Waals surface area contributed by atoms with Crippen LogP contribution in [0.25, 0.3) is 0 Å². The van der Waals surface area contributed by atoms with Gasteiger partial charge in [0.1, 0.15) is 0 Å². The molecule has 2 N–H and O–H groups in total. The van der Waals surface area contributed by atoms with Crippen molar-refractivity contribution in [3.05, 3.63) is 0 Å². The minimum absolute atomic E-state index is 0.283. The maximum absolute atomic E-state index is 10.9. The summed E-state index contributed by atoms with van der Waals surface area (Å²) < 4.78 is 0. The Morgan fingerprint density at radius 1 is 1.47 bits per heavy atom. The zero-order valence-electron chi connectivity index (χ0n) is 9.33. The summed E-state index contributed by atoms with van der Waals surface area (Å²) in [7, 11) is 0. The van der Waals surface area contributed by atoms with Crippen LogP contribution in [0.5, 0.6) is 0 Å². The van der Waals surface area contributed by atoms with Crippen LogP contribution in [0.4, 0.5) is 4.79 Å². The first kappa shape index (κ1) is 10.7. The molecular weight excluding hydrogens is 192 g/mol. The summed E-state index contributed by atoms with van der Waals surface area (Å²) in [6, 6.07) is 0.283. The van der Waals surface area contributed by atoms with Crippen LogP contribution in [0.3, 0.4) is 0 Å². The lowest BCUT2D eigenvalue weighted by Crippen LogP contribution is -2.55. The zero-order chi connectivity index (χ0) is 10.9. The summed E-state index contributed by atoms with van der Waals surface area (Å²) >= 11 is 0. The molecule has 1 aliphatic carbocycles. The maximum Gasteiger partial charge on any atom is 0.407 e. The van der Waals surface area contributed by atoms with Crippen LogP contribution in [0, 0.1) is 5.41 Å². The summed E-state index contributed by atoms with van der Waals surface area (Å²) in [5.41, 5.74) is 0.471. The van der Waals surface area contributed by atoms with Gasteiger partial charge in [-0.25, -0.2) is 4.79 Å². The predicted molar refractivity (Wildman–Crippen MR) is 58.0 cm³/mol. The Balaban J connectivity index is 1.88. The topological polar surface area (TPSA) is 52.6 Å². The second-order valence-corrected chi connectivity index (χ2v) is 4.88. The summed E-state index contributed by atoms with van der Waals surface area (Å²) in [5.74, 6) is 0. The molecule has 1 saturated carbocycles. The molecule has 86 valence electrons. The van der Waals surface area contributed by atoms with Crippen LogP contribution in [-0.4, -0.2) is 41.8 Å². The van der Waals surface area contributed by atoms with Crippen molar-refractivity contribution in [2.75, 3.05) is 19.6 Å². The van der Waals surface area contributed by atoms with Crippen molar-refractivity contribution in [2.24, 2.45) is 5.41 Å². The predicted octanol–water partition coefficient (Wildman–Crippen LogP) is 1.52. The fraction of sp³-hybridized carbons (Fsp3) is 0.909. The van der Waals surface area contributed by atoms with E-state index in [2.05, 4.69) is 5.32 Å². The smallest absolute Gasteiger partial charge is 0.407 e. The first-order valence-corrected chi connectivity index (χ1v) is 5.87. The van der Waals surface area contributed by atoms with Crippen molar-refractivity contribution in [1.82, 2.24) is 10.2 Å². The highest BCUT2D eigenvalue weighted by Crippen LogP contribution is 2.49. The lowest BCUT2D eigenvalue weighted by atomic mass is 9.60. The van der Waals surface area contributed by atoms with E-state index in [1.807, 2.05) is 6.92 Å². The normalized spacial score (nSPS) is 24.9. The molecule has 0 radical (unpaired) electrons. The highest BCUT2D eigenvalue weighted by atomic mass is 16.4. The van der Waals surface area contributed by atoms with Crippen LogP contribution < -0.4 is 5.32 Å². The minimum Gasteiger partial charge on any atom is -0.465 e. The van der Waals surface area contributed by atoms with Gasteiger partial charge in [-0.3, -0.25) is 0 Å². The Hall–Kier alpha value is -0.770. The van der Waals surface area contributed by atoms with Gasteiger partial charge in [0.15, 0.2) is 0 Å². The van der Waals surface area contributed by atoms with Gasteiger partial charge in [0.25, 0.3) is 0 Å². The summed E-state index contributed by atoms with van der Waals surface area (Å²) in [6.07, 6.45) is 3.84. The third-order valence-electron chi connectivity index (χ3n) is 4.03. The standard InChI is InChI=1S/C11H20N2O2/c1-2-13(10(14)15)9-7-11(8-9)3-5-12-6-4-11/h9,12H,2-8H2,1H3,(H,14,15). The molecule has 1 aliphatic heterocycles. The van der Waals surface area contributed by atoms with Crippen molar-refractivity contribution >= 4 is 6.09 Å². The summed E-state index contributed by atoms with van der Waals surface area (Å²) in [4.78, 5) is 12.5. The molecule has 1 heterocycles. The van der Waals surface area contributed by atoms with E-state index < -0.39 is 6.09 Å². The summed E-state index contributed by atoms with van der Waals surface area (Å²) in [6.45, 7) is 4.74. The second-order valence-electron chi connectivity index (χ2n) is 4.88. The van der Waals surface area contributed by atoms with Gasteiger partial charge in [-0.05, 0) is 51.1 Å². The third-order valence-corrected chi connectivity index (χ3v) is 4.03. The average molecular weight is 212 g/mol. The average Bonchev–Trinajstić information content (AvgIpc) is 2.17. The fourth-order valence-electron chi connectivity index (χ4n) is 3.08. The number of piperidine rings is 1. The number of amides is 1. The quantitative estimate of drug-likeness (QED) is 0.729. The van der Waals surface area contributed by atoms with E-state index in [1.165, 1.54) is 12.8 Å². The van der Waals surface area contributed by atoms with E-state index in [4.69, 9.17) is 5.11 Å². The van der Waals surface area contributed by atoms with E-state index in [9.17, 15) is 4.79 Å². The Labute approximate surface area is 90.6 Å². The summed E-state index contributed by atoms with van der Waals surface area (Å²) in [5, 5.41) is 12.4. The molecule has 0 aromatic carbocycles. The highest BCUT2D eigenvalue weighted by Gasteiger charge is 2.47. The van der Waals surface area contributed by atoms with Gasteiger partial charge in [0.2, 0.25) is 0 Å². The molecule has 15 heavy (non-hydrogen) atoms. The van der Waals surface area contributed by atoms with Gasteiger partial charge in [-0.1, -0.05) is 0 Å². The Morgan fingerprint density at radius 3 is 2.53 bits per heavy atom.